The van der Waals surface area contributed by atoms with Crippen molar-refractivity contribution < 1.29 is 13.6 Å². The second kappa shape index (κ2) is 6.69. The summed E-state index contributed by atoms with van der Waals surface area (Å²) in [6.45, 7) is 4.24. The van der Waals surface area contributed by atoms with Crippen LogP contribution in [-0.4, -0.2) is 29.8 Å². The molecule has 0 aliphatic rings. The van der Waals surface area contributed by atoms with E-state index in [0.29, 0.717) is 25.4 Å². The molecule has 0 spiro atoms. The highest BCUT2D eigenvalue weighted by atomic mass is 35.5. The summed E-state index contributed by atoms with van der Waals surface area (Å²) in [5, 5.41) is 0. The van der Waals surface area contributed by atoms with Crippen molar-refractivity contribution in [2.45, 2.75) is 20.3 Å². The lowest BCUT2D eigenvalue weighted by molar-refractivity contribution is 0.0760. The van der Waals surface area contributed by atoms with E-state index in [1.807, 2.05) is 0 Å². The number of amides is 1. The molecule has 0 saturated carbocycles. The molecule has 1 amide bonds. The molecule has 2 nitrogen and oxygen atoms in total. The summed E-state index contributed by atoms with van der Waals surface area (Å²) in [4.78, 5) is 13.6. The van der Waals surface area contributed by atoms with E-state index in [1.165, 1.54) is 17.9 Å². The van der Waals surface area contributed by atoms with Crippen molar-refractivity contribution >= 4 is 17.5 Å². The highest BCUT2D eigenvalue weighted by molar-refractivity contribution is 6.17. The van der Waals surface area contributed by atoms with Crippen LogP contribution in [0.2, 0.25) is 0 Å². The van der Waals surface area contributed by atoms with Gasteiger partial charge in [0.25, 0.3) is 5.91 Å². The van der Waals surface area contributed by atoms with E-state index in [4.69, 9.17) is 11.6 Å². The standard InChI is InChI=1S/C13H16ClF2NO/c1-3-17(6-4-5-14)13(18)10-7-9(2)11(15)8-12(10)16/h7-8H,3-6H2,1-2H3. The van der Waals surface area contributed by atoms with Crippen molar-refractivity contribution in [3.05, 3.63) is 34.9 Å². The summed E-state index contributed by atoms with van der Waals surface area (Å²) >= 11 is 5.57. The van der Waals surface area contributed by atoms with E-state index in [1.54, 1.807) is 6.92 Å². The number of aryl methyl sites for hydroxylation is 1. The molecule has 1 aromatic carbocycles. The zero-order chi connectivity index (χ0) is 13.7. The Morgan fingerprint density at radius 1 is 1.33 bits per heavy atom. The third-order valence-corrected chi connectivity index (χ3v) is 2.98. The van der Waals surface area contributed by atoms with Crippen molar-refractivity contribution in [2.24, 2.45) is 0 Å². The van der Waals surface area contributed by atoms with Gasteiger partial charge < -0.3 is 4.90 Å². The SMILES string of the molecule is CCN(CCCCl)C(=O)c1cc(C)c(F)cc1F. The maximum absolute atomic E-state index is 13.6. The van der Waals surface area contributed by atoms with Crippen LogP contribution in [0.3, 0.4) is 0 Å². The predicted octanol–water partition coefficient (Wildman–Crippen LogP) is 3.36. The van der Waals surface area contributed by atoms with Gasteiger partial charge in [0, 0.05) is 25.0 Å². The van der Waals surface area contributed by atoms with E-state index in [9.17, 15) is 13.6 Å². The van der Waals surface area contributed by atoms with Crippen molar-refractivity contribution in [1.82, 2.24) is 4.90 Å². The van der Waals surface area contributed by atoms with Gasteiger partial charge in [-0.3, -0.25) is 4.79 Å². The normalized spacial score (nSPS) is 10.5. The van der Waals surface area contributed by atoms with Gasteiger partial charge in [0.2, 0.25) is 0 Å². The first-order chi connectivity index (χ1) is 8.51. The van der Waals surface area contributed by atoms with Crippen LogP contribution in [-0.2, 0) is 0 Å². The third kappa shape index (κ3) is 3.42. The molecule has 1 rings (SSSR count). The Morgan fingerprint density at radius 2 is 2.00 bits per heavy atom. The fraction of sp³-hybridized carbons (Fsp3) is 0.462. The molecule has 0 N–H and O–H groups in total. The Hall–Kier alpha value is -1.16. The minimum absolute atomic E-state index is 0.0923. The van der Waals surface area contributed by atoms with E-state index in [2.05, 4.69) is 0 Å². The molecular weight excluding hydrogens is 260 g/mol. The van der Waals surface area contributed by atoms with Gasteiger partial charge in [-0.05, 0) is 31.9 Å². The molecule has 18 heavy (non-hydrogen) atoms. The molecule has 0 aliphatic carbocycles. The number of carbonyl (C=O) groups excluding carboxylic acids is 1. The maximum atomic E-state index is 13.6. The average molecular weight is 276 g/mol. The van der Waals surface area contributed by atoms with E-state index >= 15 is 0 Å². The summed E-state index contributed by atoms with van der Waals surface area (Å²) in [7, 11) is 0. The molecule has 0 heterocycles. The lowest BCUT2D eigenvalue weighted by atomic mass is 10.1. The molecule has 0 aliphatic heterocycles. The topological polar surface area (TPSA) is 20.3 Å². The van der Waals surface area contributed by atoms with E-state index in [-0.39, 0.29) is 11.1 Å². The number of alkyl halides is 1. The van der Waals surface area contributed by atoms with Crippen LogP contribution in [0.25, 0.3) is 0 Å². The third-order valence-electron chi connectivity index (χ3n) is 2.71. The van der Waals surface area contributed by atoms with Gasteiger partial charge in [-0.2, -0.15) is 0 Å². The molecule has 0 radical (unpaired) electrons. The van der Waals surface area contributed by atoms with Crippen molar-refractivity contribution in [3.8, 4) is 0 Å². The second-order valence-electron chi connectivity index (χ2n) is 4.01. The van der Waals surface area contributed by atoms with Gasteiger partial charge in [0.15, 0.2) is 0 Å². The Labute approximate surface area is 111 Å². The summed E-state index contributed by atoms with van der Waals surface area (Å²) < 4.78 is 26.7. The highest BCUT2D eigenvalue weighted by Gasteiger charge is 2.19. The number of benzene rings is 1. The van der Waals surface area contributed by atoms with Crippen LogP contribution >= 0.6 is 11.6 Å². The van der Waals surface area contributed by atoms with Gasteiger partial charge >= 0.3 is 0 Å². The van der Waals surface area contributed by atoms with Gasteiger partial charge in [-0.15, -0.1) is 11.6 Å². The van der Waals surface area contributed by atoms with E-state index in [0.717, 1.165) is 6.07 Å². The van der Waals surface area contributed by atoms with Crippen LogP contribution in [0.1, 0.15) is 29.3 Å². The van der Waals surface area contributed by atoms with Crippen molar-refractivity contribution in [3.63, 3.8) is 0 Å². The summed E-state index contributed by atoms with van der Waals surface area (Å²) in [6, 6.07) is 1.99. The highest BCUT2D eigenvalue weighted by Crippen LogP contribution is 2.16. The number of halogens is 3. The van der Waals surface area contributed by atoms with Gasteiger partial charge in [0.1, 0.15) is 11.6 Å². The van der Waals surface area contributed by atoms with Crippen molar-refractivity contribution in [2.75, 3.05) is 19.0 Å². The zero-order valence-corrected chi connectivity index (χ0v) is 11.2. The van der Waals surface area contributed by atoms with Gasteiger partial charge in [-0.25, -0.2) is 8.78 Å². The summed E-state index contributed by atoms with van der Waals surface area (Å²) in [6.07, 6.45) is 0.642. The molecule has 1 aromatic rings. The van der Waals surface area contributed by atoms with Crippen LogP contribution in [0.15, 0.2) is 12.1 Å². The molecule has 0 unspecified atom stereocenters. The zero-order valence-electron chi connectivity index (χ0n) is 10.5. The fourth-order valence-electron chi connectivity index (χ4n) is 1.65. The first-order valence-electron chi connectivity index (χ1n) is 5.82. The Bertz CT molecular complexity index is 437. The maximum Gasteiger partial charge on any atom is 0.256 e. The molecule has 0 fully saturated rings. The fourth-order valence-corrected chi connectivity index (χ4v) is 1.76. The number of hydrogen-bond acceptors (Lipinski definition) is 1. The summed E-state index contributed by atoms with van der Waals surface area (Å²) in [5.74, 6) is -1.46. The average Bonchev–Trinajstić information content (AvgIpc) is 2.34. The Balaban J connectivity index is 2.98. The Kier molecular flexibility index (Phi) is 5.54. The number of carbonyl (C=O) groups is 1. The summed E-state index contributed by atoms with van der Waals surface area (Å²) in [5.41, 5.74) is 0.165. The van der Waals surface area contributed by atoms with Crippen LogP contribution in [0.4, 0.5) is 8.78 Å². The van der Waals surface area contributed by atoms with Crippen molar-refractivity contribution in [1.29, 1.82) is 0 Å². The second-order valence-corrected chi connectivity index (χ2v) is 4.39. The predicted molar refractivity (Wildman–Crippen MR) is 68.0 cm³/mol. The first kappa shape index (κ1) is 14.9. The van der Waals surface area contributed by atoms with Gasteiger partial charge in [-0.1, -0.05) is 0 Å². The van der Waals surface area contributed by atoms with Crippen LogP contribution in [0, 0.1) is 18.6 Å². The van der Waals surface area contributed by atoms with Crippen LogP contribution < -0.4 is 0 Å². The molecule has 0 atom stereocenters. The lowest BCUT2D eigenvalue weighted by Crippen LogP contribution is -2.32. The smallest absolute Gasteiger partial charge is 0.256 e. The van der Waals surface area contributed by atoms with Gasteiger partial charge in [0.05, 0.1) is 5.56 Å². The number of hydrogen-bond donors (Lipinski definition) is 0. The molecule has 100 valence electrons. The van der Waals surface area contributed by atoms with E-state index < -0.39 is 17.5 Å². The minimum Gasteiger partial charge on any atom is -0.339 e. The largest absolute Gasteiger partial charge is 0.339 e. The molecule has 0 bridgehead atoms. The minimum atomic E-state index is -0.826. The quantitative estimate of drug-likeness (QED) is 0.755. The molecule has 5 heteroatoms. The molecule has 0 saturated heterocycles. The Morgan fingerprint density at radius 3 is 2.56 bits per heavy atom. The molecular formula is C13H16ClF2NO. The lowest BCUT2D eigenvalue weighted by Gasteiger charge is -2.21. The monoisotopic (exact) mass is 275 g/mol. The van der Waals surface area contributed by atoms with Crippen LogP contribution in [0.5, 0.6) is 0 Å². The first-order valence-corrected chi connectivity index (χ1v) is 6.35. The molecule has 0 aromatic heterocycles. The number of rotatable bonds is 5. The number of nitrogens with zero attached hydrogens (tertiary/aromatic N) is 1.